The molecule has 1 heterocycles. The summed E-state index contributed by atoms with van der Waals surface area (Å²) in [5.74, 6) is -0.350. The lowest BCUT2D eigenvalue weighted by Crippen LogP contribution is -2.32. The maximum absolute atomic E-state index is 13.5. The molecule has 0 fully saturated rings. The van der Waals surface area contributed by atoms with Crippen LogP contribution in [0.3, 0.4) is 0 Å². The Morgan fingerprint density at radius 1 is 0.906 bits per heavy atom. The van der Waals surface area contributed by atoms with Crippen LogP contribution >= 0.6 is 23.4 Å². The van der Waals surface area contributed by atoms with Crippen LogP contribution in [0.2, 0.25) is 5.02 Å². The smallest absolute Gasteiger partial charge is 0.283 e. The second-order valence-corrected chi connectivity index (χ2v) is 9.42. The van der Waals surface area contributed by atoms with Gasteiger partial charge in [0.25, 0.3) is 11.8 Å². The summed E-state index contributed by atoms with van der Waals surface area (Å²) in [6, 6.07) is 22.5. The molecule has 4 rings (SSSR count). The number of carbonyl (C=O) groups excluding carboxylic acids is 2. The molecule has 162 valence electrons. The second kappa shape index (κ2) is 9.23. The molecule has 0 radical (unpaired) electrons. The summed E-state index contributed by atoms with van der Waals surface area (Å²) in [4.78, 5) is 29.4. The van der Waals surface area contributed by atoms with Crippen LogP contribution < -0.4 is 10.2 Å². The summed E-state index contributed by atoms with van der Waals surface area (Å²) in [7, 11) is 0. The lowest BCUT2D eigenvalue weighted by Gasteiger charge is -2.17. The quantitative estimate of drug-likeness (QED) is 0.411. The van der Waals surface area contributed by atoms with E-state index in [-0.39, 0.29) is 17.5 Å². The van der Waals surface area contributed by atoms with Gasteiger partial charge in [-0.05, 0) is 66.4 Å². The highest BCUT2D eigenvalue weighted by Gasteiger charge is 2.40. The van der Waals surface area contributed by atoms with Crippen molar-refractivity contribution in [3.63, 3.8) is 0 Å². The van der Waals surface area contributed by atoms with Crippen LogP contribution in [-0.2, 0) is 9.59 Å². The van der Waals surface area contributed by atoms with Crippen molar-refractivity contribution in [3.8, 4) is 0 Å². The van der Waals surface area contributed by atoms with Crippen molar-refractivity contribution in [2.24, 2.45) is 0 Å². The van der Waals surface area contributed by atoms with Crippen LogP contribution in [0, 0.1) is 6.92 Å². The fourth-order valence-corrected chi connectivity index (χ4v) is 4.64. The van der Waals surface area contributed by atoms with Crippen molar-refractivity contribution in [1.29, 1.82) is 0 Å². The number of hydrogen-bond acceptors (Lipinski definition) is 4. The summed E-state index contributed by atoms with van der Waals surface area (Å²) in [6.45, 7) is 6.12. The highest BCUT2D eigenvalue weighted by molar-refractivity contribution is 8.04. The molecule has 0 atom stereocenters. The Morgan fingerprint density at radius 2 is 1.59 bits per heavy atom. The van der Waals surface area contributed by atoms with Crippen LogP contribution in [0.5, 0.6) is 0 Å². The van der Waals surface area contributed by atoms with Crippen molar-refractivity contribution in [1.82, 2.24) is 0 Å². The minimum Gasteiger partial charge on any atom is -0.350 e. The van der Waals surface area contributed by atoms with Crippen molar-refractivity contribution in [3.05, 3.63) is 99.5 Å². The Balaban J connectivity index is 1.73. The molecule has 4 nitrogen and oxygen atoms in total. The van der Waals surface area contributed by atoms with E-state index in [2.05, 4.69) is 19.2 Å². The number of benzene rings is 3. The molecular formula is C26H23ClN2O2S. The number of nitrogens with zero attached hydrogens (tertiary/aromatic N) is 1. The van der Waals surface area contributed by atoms with Crippen LogP contribution in [-0.4, -0.2) is 11.8 Å². The highest BCUT2D eigenvalue weighted by Crippen LogP contribution is 2.38. The molecule has 6 heteroatoms. The summed E-state index contributed by atoms with van der Waals surface area (Å²) in [5, 5.41) is 3.82. The van der Waals surface area contributed by atoms with Gasteiger partial charge in [-0.25, -0.2) is 4.90 Å². The monoisotopic (exact) mass is 462 g/mol. The number of thioether (sulfide) groups is 1. The largest absolute Gasteiger partial charge is 0.350 e. The fraction of sp³-hybridized carbons (Fsp3) is 0.154. The first kappa shape index (κ1) is 22.2. The van der Waals surface area contributed by atoms with E-state index in [9.17, 15) is 9.59 Å². The van der Waals surface area contributed by atoms with Gasteiger partial charge in [0.15, 0.2) is 0 Å². The zero-order chi connectivity index (χ0) is 22.8. The molecular weight excluding hydrogens is 440 g/mol. The maximum atomic E-state index is 13.5. The van der Waals surface area contributed by atoms with Gasteiger partial charge < -0.3 is 5.32 Å². The van der Waals surface area contributed by atoms with Gasteiger partial charge in [-0.15, -0.1) is 0 Å². The van der Waals surface area contributed by atoms with Gasteiger partial charge in [-0.1, -0.05) is 67.5 Å². The number of carbonyl (C=O) groups is 2. The number of amides is 2. The number of aryl methyl sites for hydroxylation is 1. The highest BCUT2D eigenvalue weighted by atomic mass is 35.5. The molecule has 32 heavy (non-hydrogen) atoms. The number of imide groups is 1. The topological polar surface area (TPSA) is 49.4 Å². The fourth-order valence-electron chi connectivity index (χ4n) is 3.47. The van der Waals surface area contributed by atoms with E-state index in [1.807, 2.05) is 73.7 Å². The molecule has 3 aromatic rings. The van der Waals surface area contributed by atoms with Crippen LogP contribution in [0.1, 0.15) is 30.9 Å². The minimum atomic E-state index is -0.375. The van der Waals surface area contributed by atoms with Gasteiger partial charge in [0.05, 0.1) is 5.69 Å². The predicted molar refractivity (Wildman–Crippen MR) is 132 cm³/mol. The predicted octanol–water partition coefficient (Wildman–Crippen LogP) is 6.76. The van der Waals surface area contributed by atoms with E-state index in [0.29, 0.717) is 21.5 Å². The summed E-state index contributed by atoms with van der Waals surface area (Å²) >= 11 is 7.37. The van der Waals surface area contributed by atoms with Crippen molar-refractivity contribution in [2.45, 2.75) is 31.6 Å². The van der Waals surface area contributed by atoms with Gasteiger partial charge in [0, 0.05) is 15.6 Å². The van der Waals surface area contributed by atoms with E-state index in [4.69, 9.17) is 11.6 Å². The molecule has 1 N–H and O–H groups in total. The van der Waals surface area contributed by atoms with E-state index < -0.39 is 0 Å². The lowest BCUT2D eigenvalue weighted by molar-refractivity contribution is -0.120. The molecule has 0 spiro atoms. The molecule has 3 aromatic carbocycles. The molecule has 0 saturated carbocycles. The average Bonchev–Trinajstić information content (AvgIpc) is 3.00. The maximum Gasteiger partial charge on any atom is 0.283 e. The number of hydrogen-bond donors (Lipinski definition) is 1. The van der Waals surface area contributed by atoms with Gasteiger partial charge in [-0.2, -0.15) is 0 Å². The molecule has 0 unspecified atom stereocenters. The average molecular weight is 463 g/mol. The Bertz CT molecular complexity index is 1200. The van der Waals surface area contributed by atoms with E-state index >= 15 is 0 Å². The molecule has 0 aliphatic carbocycles. The summed E-state index contributed by atoms with van der Waals surface area (Å²) in [6.07, 6.45) is 0. The molecule has 2 amide bonds. The van der Waals surface area contributed by atoms with Crippen LogP contribution in [0.4, 0.5) is 11.4 Å². The summed E-state index contributed by atoms with van der Waals surface area (Å²) in [5.41, 5.74) is 3.58. The Kier molecular flexibility index (Phi) is 6.40. The number of nitrogens with one attached hydrogen (secondary N) is 1. The molecule has 1 aliphatic heterocycles. The Hall–Kier alpha value is -3.02. The normalized spacial score (nSPS) is 14.0. The molecule has 0 saturated heterocycles. The number of rotatable bonds is 6. The zero-order valence-corrected chi connectivity index (χ0v) is 19.6. The molecule has 0 aromatic heterocycles. The van der Waals surface area contributed by atoms with Crippen molar-refractivity contribution >= 4 is 46.6 Å². The summed E-state index contributed by atoms with van der Waals surface area (Å²) < 4.78 is 0. The first-order valence-corrected chi connectivity index (χ1v) is 11.5. The third kappa shape index (κ3) is 4.45. The standard InChI is InChI=1S/C26H23ClN2O2S/c1-16(2)18-9-12-20(13-10-18)29-25(30)23(28-22-14-11-19(27)15-17(22)3)24(26(29)31)32-21-7-5-4-6-8-21/h4-16,28H,1-3H3. The van der Waals surface area contributed by atoms with Gasteiger partial charge in [0.2, 0.25) is 0 Å². The lowest BCUT2D eigenvalue weighted by atomic mass is 10.0. The van der Waals surface area contributed by atoms with E-state index in [0.717, 1.165) is 21.7 Å². The number of halogens is 1. The Morgan fingerprint density at radius 3 is 2.22 bits per heavy atom. The molecule has 1 aliphatic rings. The Labute approximate surface area is 197 Å². The number of anilines is 2. The van der Waals surface area contributed by atoms with Gasteiger partial charge in [-0.3, -0.25) is 9.59 Å². The first-order chi connectivity index (χ1) is 15.3. The van der Waals surface area contributed by atoms with Crippen molar-refractivity contribution in [2.75, 3.05) is 10.2 Å². The van der Waals surface area contributed by atoms with Crippen LogP contribution in [0.25, 0.3) is 0 Å². The van der Waals surface area contributed by atoms with Crippen LogP contribution in [0.15, 0.2) is 88.3 Å². The minimum absolute atomic E-state index is 0.266. The zero-order valence-electron chi connectivity index (χ0n) is 18.1. The van der Waals surface area contributed by atoms with E-state index in [1.54, 1.807) is 6.07 Å². The SMILES string of the molecule is Cc1cc(Cl)ccc1NC1=C(Sc2ccccc2)C(=O)N(c2ccc(C(C)C)cc2)C1=O. The van der Waals surface area contributed by atoms with Gasteiger partial charge >= 0.3 is 0 Å². The second-order valence-electron chi connectivity index (χ2n) is 7.90. The van der Waals surface area contributed by atoms with E-state index in [1.165, 1.54) is 16.7 Å². The van der Waals surface area contributed by atoms with Gasteiger partial charge in [0.1, 0.15) is 10.6 Å². The first-order valence-electron chi connectivity index (χ1n) is 10.3. The third-order valence-corrected chi connectivity index (χ3v) is 6.60. The molecule has 0 bridgehead atoms. The van der Waals surface area contributed by atoms with Crippen molar-refractivity contribution < 1.29 is 9.59 Å². The third-order valence-electron chi connectivity index (χ3n) is 5.27.